The molecule has 0 saturated heterocycles. The van der Waals surface area contributed by atoms with Crippen LogP contribution >= 0.6 is 0 Å². The van der Waals surface area contributed by atoms with Crippen molar-refractivity contribution in [2.75, 3.05) is 26.7 Å². The molecule has 3 rings (SSSR count). The van der Waals surface area contributed by atoms with Gasteiger partial charge in [-0.15, -0.1) is 0 Å². The third-order valence-corrected chi connectivity index (χ3v) is 5.12. The van der Waals surface area contributed by atoms with E-state index in [1.165, 1.54) is 0 Å². The Labute approximate surface area is 177 Å². The zero-order valence-corrected chi connectivity index (χ0v) is 16.8. The van der Waals surface area contributed by atoms with Gasteiger partial charge in [-0.2, -0.15) is 8.78 Å². The summed E-state index contributed by atoms with van der Waals surface area (Å²) in [5.41, 5.74) is 4.04. The summed E-state index contributed by atoms with van der Waals surface area (Å²) in [6.07, 6.45) is -1.53. The number of aliphatic carboxylic acids is 1. The van der Waals surface area contributed by atoms with Crippen LogP contribution in [0.2, 0.25) is 0 Å². The van der Waals surface area contributed by atoms with E-state index in [9.17, 15) is 23.2 Å². The van der Waals surface area contributed by atoms with Crippen molar-refractivity contribution in [3.8, 4) is 11.1 Å². The summed E-state index contributed by atoms with van der Waals surface area (Å²) in [7, 11) is 1.08. The van der Waals surface area contributed by atoms with E-state index in [0.29, 0.717) is 4.90 Å². The average molecular weight is 432 g/mol. The van der Waals surface area contributed by atoms with Crippen LogP contribution in [0, 0.1) is 0 Å². The highest BCUT2D eigenvalue weighted by Gasteiger charge is 2.41. The summed E-state index contributed by atoms with van der Waals surface area (Å²) in [6.45, 7) is -1.66. The first-order chi connectivity index (χ1) is 14.7. The molecule has 2 N–H and O–H groups in total. The number of nitrogens with one attached hydrogen (secondary N) is 1. The molecule has 0 aliphatic heterocycles. The number of carboxylic acid groups (broad SMARTS) is 1. The van der Waals surface area contributed by atoms with E-state index < -0.39 is 36.9 Å². The molecule has 31 heavy (non-hydrogen) atoms. The minimum atomic E-state index is -3.89. The number of alkyl halides is 2. The van der Waals surface area contributed by atoms with Crippen molar-refractivity contribution in [1.29, 1.82) is 0 Å². The first-order valence-electron chi connectivity index (χ1n) is 9.64. The van der Waals surface area contributed by atoms with Gasteiger partial charge in [0.1, 0.15) is 6.61 Å². The molecule has 0 aromatic heterocycles. The summed E-state index contributed by atoms with van der Waals surface area (Å²) < 4.78 is 33.3. The van der Waals surface area contributed by atoms with Crippen molar-refractivity contribution in [2.24, 2.45) is 0 Å². The van der Waals surface area contributed by atoms with Crippen LogP contribution in [-0.4, -0.2) is 60.6 Å². The second kappa shape index (κ2) is 9.11. The van der Waals surface area contributed by atoms with Gasteiger partial charge in [-0.3, -0.25) is 9.59 Å². The molecule has 2 amide bonds. The van der Waals surface area contributed by atoms with E-state index in [0.717, 1.165) is 29.3 Å². The highest BCUT2D eigenvalue weighted by atomic mass is 19.3. The smallest absolute Gasteiger partial charge is 0.407 e. The van der Waals surface area contributed by atoms with Gasteiger partial charge in [-0.05, 0) is 22.3 Å². The Hall–Kier alpha value is -3.49. The van der Waals surface area contributed by atoms with Crippen LogP contribution < -0.4 is 5.32 Å². The summed E-state index contributed by atoms with van der Waals surface area (Å²) in [6, 6.07) is 15.4. The van der Waals surface area contributed by atoms with Crippen molar-refractivity contribution >= 4 is 18.0 Å². The van der Waals surface area contributed by atoms with Crippen LogP contribution in [-0.2, 0) is 14.3 Å². The summed E-state index contributed by atoms with van der Waals surface area (Å²) in [5, 5.41) is 10.5. The second-order valence-corrected chi connectivity index (χ2v) is 7.25. The average Bonchev–Trinajstić information content (AvgIpc) is 3.08. The molecular formula is C22H22F2N2O5. The number of hydrogen-bond acceptors (Lipinski definition) is 4. The van der Waals surface area contributed by atoms with E-state index in [4.69, 9.17) is 9.84 Å². The fraction of sp³-hybridized carbons (Fsp3) is 0.318. The van der Waals surface area contributed by atoms with E-state index in [2.05, 4.69) is 0 Å². The molecule has 164 valence electrons. The molecule has 2 aromatic carbocycles. The Balaban J connectivity index is 1.56. The number of rotatable bonds is 8. The molecular weight excluding hydrogens is 410 g/mol. The molecule has 0 fully saturated rings. The van der Waals surface area contributed by atoms with Crippen LogP contribution in [0.25, 0.3) is 11.1 Å². The molecule has 0 spiro atoms. The third kappa shape index (κ3) is 4.99. The second-order valence-electron chi connectivity index (χ2n) is 7.25. The van der Waals surface area contributed by atoms with Gasteiger partial charge in [-0.25, -0.2) is 4.79 Å². The molecule has 9 heteroatoms. The fourth-order valence-electron chi connectivity index (χ4n) is 3.55. The van der Waals surface area contributed by atoms with Gasteiger partial charge >= 0.3 is 18.0 Å². The number of benzene rings is 2. The first-order valence-corrected chi connectivity index (χ1v) is 9.64. The van der Waals surface area contributed by atoms with Crippen LogP contribution in [0.5, 0.6) is 0 Å². The normalized spacial score (nSPS) is 12.6. The number of alkyl carbamates (subject to hydrolysis) is 1. The van der Waals surface area contributed by atoms with E-state index >= 15 is 0 Å². The van der Waals surface area contributed by atoms with Crippen molar-refractivity contribution < 1.29 is 33.0 Å². The highest BCUT2D eigenvalue weighted by molar-refractivity contribution is 5.84. The number of nitrogens with zero attached hydrogens (tertiary/aromatic N) is 1. The number of hydrogen-bond donors (Lipinski definition) is 2. The predicted octanol–water partition coefficient (Wildman–Crippen LogP) is 3.09. The summed E-state index contributed by atoms with van der Waals surface area (Å²) >= 11 is 0. The van der Waals surface area contributed by atoms with Crippen LogP contribution in [0.3, 0.4) is 0 Å². The minimum absolute atomic E-state index is 0.0438. The number of fused-ring (bicyclic) bond motifs is 3. The van der Waals surface area contributed by atoms with Crippen molar-refractivity contribution in [3.63, 3.8) is 0 Å². The Morgan fingerprint density at radius 3 is 2.16 bits per heavy atom. The number of halogens is 2. The number of carboxylic acids is 1. The lowest BCUT2D eigenvalue weighted by Gasteiger charge is -2.23. The van der Waals surface area contributed by atoms with Crippen LogP contribution in [0.15, 0.2) is 48.5 Å². The lowest BCUT2D eigenvalue weighted by molar-refractivity contribution is -0.155. The molecule has 0 heterocycles. The molecule has 0 radical (unpaired) electrons. The van der Waals surface area contributed by atoms with Gasteiger partial charge in [0.25, 0.3) is 5.91 Å². The molecule has 0 atom stereocenters. The maximum Gasteiger partial charge on any atom is 0.407 e. The SMILES string of the molecule is CN(CCC(=O)O)C(=O)C(F)(F)CNC(=O)OCC1c2ccccc2-c2ccccc21. The Morgan fingerprint density at radius 2 is 1.61 bits per heavy atom. The van der Waals surface area contributed by atoms with Gasteiger partial charge < -0.3 is 20.1 Å². The third-order valence-electron chi connectivity index (χ3n) is 5.12. The van der Waals surface area contributed by atoms with Gasteiger partial charge in [0, 0.05) is 19.5 Å². The first kappa shape index (κ1) is 22.2. The highest BCUT2D eigenvalue weighted by Crippen LogP contribution is 2.44. The van der Waals surface area contributed by atoms with Gasteiger partial charge in [-0.1, -0.05) is 48.5 Å². The number of carbonyl (C=O) groups is 3. The Bertz CT molecular complexity index is 950. The zero-order chi connectivity index (χ0) is 22.6. The number of carbonyl (C=O) groups excluding carboxylic acids is 2. The topological polar surface area (TPSA) is 95.9 Å². The lowest BCUT2D eigenvalue weighted by Crippen LogP contribution is -2.49. The van der Waals surface area contributed by atoms with Crippen LogP contribution in [0.1, 0.15) is 23.5 Å². The molecule has 0 bridgehead atoms. The number of ether oxygens (including phenoxy) is 1. The molecule has 2 aromatic rings. The molecule has 1 aliphatic rings. The molecule has 1 aliphatic carbocycles. The summed E-state index contributed by atoms with van der Waals surface area (Å²) in [5.74, 6) is -6.89. The van der Waals surface area contributed by atoms with Gasteiger partial charge in [0.15, 0.2) is 0 Å². The zero-order valence-electron chi connectivity index (χ0n) is 16.8. The Kier molecular flexibility index (Phi) is 6.53. The lowest BCUT2D eigenvalue weighted by atomic mass is 9.98. The molecule has 7 nitrogen and oxygen atoms in total. The number of amides is 2. The quantitative estimate of drug-likeness (QED) is 0.668. The minimum Gasteiger partial charge on any atom is -0.481 e. The van der Waals surface area contributed by atoms with Crippen molar-refractivity contribution in [3.05, 3.63) is 59.7 Å². The van der Waals surface area contributed by atoms with Crippen LogP contribution in [0.4, 0.5) is 13.6 Å². The van der Waals surface area contributed by atoms with Crippen molar-refractivity contribution in [1.82, 2.24) is 10.2 Å². The van der Waals surface area contributed by atoms with Gasteiger partial charge in [0.05, 0.1) is 13.0 Å². The van der Waals surface area contributed by atoms with Crippen molar-refractivity contribution in [2.45, 2.75) is 18.3 Å². The maximum atomic E-state index is 14.1. The van der Waals surface area contributed by atoms with Gasteiger partial charge in [0.2, 0.25) is 0 Å². The van der Waals surface area contributed by atoms with E-state index in [1.807, 2.05) is 53.8 Å². The largest absolute Gasteiger partial charge is 0.481 e. The van der Waals surface area contributed by atoms with E-state index in [-0.39, 0.29) is 19.1 Å². The fourth-order valence-corrected chi connectivity index (χ4v) is 3.55. The molecule has 0 unspecified atom stereocenters. The monoisotopic (exact) mass is 432 g/mol. The molecule has 0 saturated carbocycles. The van der Waals surface area contributed by atoms with E-state index in [1.54, 1.807) is 0 Å². The summed E-state index contributed by atoms with van der Waals surface area (Å²) in [4.78, 5) is 35.0. The predicted molar refractivity (Wildman–Crippen MR) is 108 cm³/mol. The standard InChI is InChI=1S/C22H22F2N2O5/c1-26(11-10-19(27)28)20(29)22(23,24)13-25-21(30)31-12-18-16-8-4-2-6-14(16)15-7-3-5-9-17(15)18/h2-9,18H,10-13H2,1H3,(H,25,30)(H,27,28). The Morgan fingerprint density at radius 1 is 1.06 bits per heavy atom. The maximum absolute atomic E-state index is 14.1.